The maximum atomic E-state index is 10.9. The molecule has 0 saturated heterocycles. The highest BCUT2D eigenvalue weighted by Crippen LogP contribution is 2.03. The van der Waals surface area contributed by atoms with E-state index in [0.717, 1.165) is 19.3 Å². The Morgan fingerprint density at radius 1 is 1.35 bits per heavy atom. The summed E-state index contributed by atoms with van der Waals surface area (Å²) in [5.74, 6) is -1.02. The summed E-state index contributed by atoms with van der Waals surface area (Å²) < 4.78 is 0. The Labute approximate surface area is 101 Å². The van der Waals surface area contributed by atoms with Crippen molar-refractivity contribution in [1.82, 2.24) is 10.6 Å². The number of carboxylic acids is 1. The lowest BCUT2D eigenvalue weighted by Gasteiger charge is -2.19. The van der Waals surface area contributed by atoms with Crippen molar-refractivity contribution in [3.8, 4) is 0 Å². The first-order chi connectivity index (χ1) is 8.11. The summed E-state index contributed by atoms with van der Waals surface area (Å²) in [5, 5.41) is 23.5. The summed E-state index contributed by atoms with van der Waals surface area (Å²) in [6, 6.07) is -0.834. The molecule has 100 valence electrons. The number of unbranched alkanes of at least 4 members (excludes halogenated alkanes) is 2. The van der Waals surface area contributed by atoms with Gasteiger partial charge in [0.25, 0.3) is 0 Å². The van der Waals surface area contributed by atoms with E-state index >= 15 is 0 Å². The maximum absolute atomic E-state index is 10.9. The number of carboxylic acid groups (broad SMARTS) is 1. The van der Waals surface area contributed by atoms with Crippen LogP contribution in [0, 0.1) is 0 Å². The van der Waals surface area contributed by atoms with Crippen molar-refractivity contribution in [2.75, 3.05) is 6.54 Å². The third kappa shape index (κ3) is 8.65. The molecule has 2 atom stereocenters. The van der Waals surface area contributed by atoms with Crippen LogP contribution in [0.25, 0.3) is 0 Å². The number of carbonyl (C=O) groups is 2. The molecule has 0 aromatic carbocycles. The van der Waals surface area contributed by atoms with Gasteiger partial charge in [-0.1, -0.05) is 19.8 Å². The standard InChI is InChI=1S/C11H22N2O4/c1-2-3-4-5-10(15)13-9(11(16)17)6-7-12-8-14/h8-10,13,15H,2-7H2,1H3,(H,12,14)(H,16,17). The molecule has 0 spiro atoms. The minimum atomic E-state index is -1.02. The molecule has 4 N–H and O–H groups in total. The zero-order valence-electron chi connectivity index (χ0n) is 10.2. The molecule has 17 heavy (non-hydrogen) atoms. The van der Waals surface area contributed by atoms with E-state index in [1.807, 2.05) is 0 Å². The Morgan fingerprint density at radius 3 is 2.59 bits per heavy atom. The topological polar surface area (TPSA) is 98.7 Å². The summed E-state index contributed by atoms with van der Waals surface area (Å²) in [4.78, 5) is 20.9. The minimum Gasteiger partial charge on any atom is -0.480 e. The molecule has 6 nitrogen and oxygen atoms in total. The van der Waals surface area contributed by atoms with Gasteiger partial charge in [-0.05, 0) is 19.3 Å². The number of aliphatic carboxylic acids is 1. The van der Waals surface area contributed by atoms with Crippen LogP contribution in [0.3, 0.4) is 0 Å². The third-order valence-electron chi connectivity index (χ3n) is 2.43. The first-order valence-corrected chi connectivity index (χ1v) is 5.95. The zero-order valence-corrected chi connectivity index (χ0v) is 10.2. The third-order valence-corrected chi connectivity index (χ3v) is 2.43. The minimum absolute atomic E-state index is 0.249. The normalized spacial score (nSPS) is 14.0. The summed E-state index contributed by atoms with van der Waals surface area (Å²) in [6.45, 7) is 2.33. The van der Waals surface area contributed by atoms with Gasteiger partial charge in [0.05, 0.1) is 0 Å². The molecule has 0 fully saturated rings. The highest BCUT2D eigenvalue weighted by Gasteiger charge is 2.19. The number of hydrogen-bond donors (Lipinski definition) is 4. The van der Waals surface area contributed by atoms with Crippen LogP contribution in [-0.4, -0.2) is 41.4 Å². The fourth-order valence-corrected chi connectivity index (χ4v) is 1.47. The second-order valence-electron chi connectivity index (χ2n) is 3.93. The van der Waals surface area contributed by atoms with Gasteiger partial charge in [-0.15, -0.1) is 0 Å². The average Bonchev–Trinajstić information content (AvgIpc) is 2.28. The Kier molecular flexibility index (Phi) is 9.37. The fourth-order valence-electron chi connectivity index (χ4n) is 1.47. The van der Waals surface area contributed by atoms with Crippen molar-refractivity contribution in [3.05, 3.63) is 0 Å². The Bertz CT molecular complexity index is 224. The van der Waals surface area contributed by atoms with Crippen LogP contribution in [0.5, 0.6) is 0 Å². The van der Waals surface area contributed by atoms with E-state index in [2.05, 4.69) is 17.6 Å². The van der Waals surface area contributed by atoms with Gasteiger partial charge < -0.3 is 15.5 Å². The number of nitrogens with one attached hydrogen (secondary N) is 2. The Morgan fingerprint density at radius 2 is 2.06 bits per heavy atom. The van der Waals surface area contributed by atoms with Crippen LogP contribution >= 0.6 is 0 Å². The highest BCUT2D eigenvalue weighted by atomic mass is 16.4. The van der Waals surface area contributed by atoms with Gasteiger partial charge in [0.15, 0.2) is 0 Å². The van der Waals surface area contributed by atoms with E-state index in [0.29, 0.717) is 12.8 Å². The predicted molar refractivity (Wildman–Crippen MR) is 63.4 cm³/mol. The summed E-state index contributed by atoms with van der Waals surface area (Å²) in [6.07, 6.45) is 3.44. The van der Waals surface area contributed by atoms with E-state index in [1.54, 1.807) is 0 Å². The fraction of sp³-hybridized carbons (Fsp3) is 0.818. The molecule has 0 aliphatic rings. The first kappa shape index (κ1) is 15.9. The maximum Gasteiger partial charge on any atom is 0.320 e. The molecule has 0 radical (unpaired) electrons. The number of amides is 1. The second-order valence-corrected chi connectivity index (χ2v) is 3.93. The quantitative estimate of drug-likeness (QED) is 0.235. The molecular formula is C11H22N2O4. The molecule has 0 bridgehead atoms. The molecule has 0 aliphatic heterocycles. The van der Waals surface area contributed by atoms with Crippen LogP contribution < -0.4 is 10.6 Å². The lowest BCUT2D eigenvalue weighted by Crippen LogP contribution is -2.44. The lowest BCUT2D eigenvalue weighted by atomic mass is 10.1. The number of aliphatic hydroxyl groups is 1. The van der Waals surface area contributed by atoms with E-state index in [-0.39, 0.29) is 13.0 Å². The number of hydrogen-bond acceptors (Lipinski definition) is 4. The second kappa shape index (κ2) is 10.0. The van der Waals surface area contributed by atoms with Gasteiger partial charge >= 0.3 is 5.97 Å². The predicted octanol–water partition coefficient (Wildman–Crippen LogP) is 0.0640. The van der Waals surface area contributed by atoms with Gasteiger partial charge in [-0.2, -0.15) is 0 Å². The molecule has 0 rings (SSSR count). The Hall–Kier alpha value is -1.14. The van der Waals surface area contributed by atoms with Crippen molar-refractivity contribution in [2.45, 2.75) is 51.3 Å². The first-order valence-electron chi connectivity index (χ1n) is 5.95. The van der Waals surface area contributed by atoms with Crippen molar-refractivity contribution in [3.63, 3.8) is 0 Å². The van der Waals surface area contributed by atoms with Gasteiger partial charge in [0.1, 0.15) is 12.3 Å². The van der Waals surface area contributed by atoms with Crippen molar-refractivity contribution >= 4 is 12.4 Å². The number of aliphatic hydroxyl groups excluding tert-OH is 1. The Balaban J connectivity index is 3.88. The van der Waals surface area contributed by atoms with Crippen LogP contribution in [0.2, 0.25) is 0 Å². The molecule has 0 aliphatic carbocycles. The molecule has 1 amide bonds. The van der Waals surface area contributed by atoms with Crippen molar-refractivity contribution < 1.29 is 19.8 Å². The summed E-state index contributed by atoms with van der Waals surface area (Å²) >= 11 is 0. The summed E-state index contributed by atoms with van der Waals surface area (Å²) in [7, 11) is 0. The van der Waals surface area contributed by atoms with Gasteiger partial charge in [-0.3, -0.25) is 14.9 Å². The summed E-state index contributed by atoms with van der Waals surface area (Å²) in [5.41, 5.74) is 0. The number of rotatable bonds is 11. The molecule has 6 heteroatoms. The van der Waals surface area contributed by atoms with E-state index < -0.39 is 18.2 Å². The molecule has 0 saturated carbocycles. The van der Waals surface area contributed by atoms with Gasteiger partial charge in [-0.25, -0.2) is 0 Å². The van der Waals surface area contributed by atoms with Crippen molar-refractivity contribution in [2.24, 2.45) is 0 Å². The molecule has 0 heterocycles. The van der Waals surface area contributed by atoms with Crippen molar-refractivity contribution in [1.29, 1.82) is 0 Å². The van der Waals surface area contributed by atoms with E-state index in [9.17, 15) is 14.7 Å². The molecular weight excluding hydrogens is 224 g/mol. The van der Waals surface area contributed by atoms with Crippen LogP contribution in [-0.2, 0) is 9.59 Å². The lowest BCUT2D eigenvalue weighted by molar-refractivity contribution is -0.140. The average molecular weight is 246 g/mol. The smallest absolute Gasteiger partial charge is 0.320 e. The van der Waals surface area contributed by atoms with E-state index in [1.165, 1.54) is 0 Å². The molecule has 0 aromatic heterocycles. The zero-order chi connectivity index (χ0) is 13.1. The van der Waals surface area contributed by atoms with E-state index in [4.69, 9.17) is 5.11 Å². The molecule has 0 aromatic rings. The SMILES string of the molecule is CCCCCC(O)NC(CCNC=O)C(=O)O. The number of carbonyl (C=O) groups excluding carboxylic acids is 1. The van der Waals surface area contributed by atoms with Gasteiger partial charge in [0, 0.05) is 6.54 Å². The van der Waals surface area contributed by atoms with Crippen LogP contribution in [0.1, 0.15) is 39.0 Å². The van der Waals surface area contributed by atoms with Crippen LogP contribution in [0.15, 0.2) is 0 Å². The largest absolute Gasteiger partial charge is 0.480 e. The molecule has 2 unspecified atom stereocenters. The van der Waals surface area contributed by atoms with Crippen LogP contribution in [0.4, 0.5) is 0 Å². The highest BCUT2D eigenvalue weighted by molar-refractivity contribution is 5.73. The monoisotopic (exact) mass is 246 g/mol. The van der Waals surface area contributed by atoms with Gasteiger partial charge in [0.2, 0.25) is 6.41 Å².